The van der Waals surface area contributed by atoms with Crippen LogP contribution in [0.2, 0.25) is 0 Å². The van der Waals surface area contributed by atoms with Crippen molar-refractivity contribution in [1.82, 2.24) is 5.32 Å². The Hall–Kier alpha value is -0.870. The SMILES string of the molecule is CCC(C(=O)OC)C(NC)c1cccc(Br)c1. The Morgan fingerprint density at radius 1 is 1.53 bits per heavy atom. The highest BCUT2D eigenvalue weighted by atomic mass is 79.9. The summed E-state index contributed by atoms with van der Waals surface area (Å²) in [4.78, 5) is 11.7. The topological polar surface area (TPSA) is 38.3 Å². The molecule has 0 aliphatic carbocycles. The summed E-state index contributed by atoms with van der Waals surface area (Å²) in [5.74, 6) is -0.342. The third-order valence-corrected chi connectivity index (χ3v) is 3.36. The molecular weight excluding hydrogens is 282 g/mol. The van der Waals surface area contributed by atoms with Crippen LogP contribution in [-0.4, -0.2) is 20.1 Å². The predicted octanol–water partition coefficient (Wildman–Crippen LogP) is 2.91. The molecule has 3 nitrogen and oxygen atoms in total. The van der Waals surface area contributed by atoms with Gasteiger partial charge in [-0.15, -0.1) is 0 Å². The molecule has 1 rings (SSSR count). The monoisotopic (exact) mass is 299 g/mol. The minimum Gasteiger partial charge on any atom is -0.469 e. The van der Waals surface area contributed by atoms with Crippen LogP contribution in [0.4, 0.5) is 0 Å². The lowest BCUT2D eigenvalue weighted by molar-refractivity contribution is -0.146. The number of halogens is 1. The van der Waals surface area contributed by atoms with Crippen molar-refractivity contribution in [2.45, 2.75) is 19.4 Å². The number of carbonyl (C=O) groups excluding carboxylic acids is 1. The summed E-state index contributed by atoms with van der Waals surface area (Å²) in [6.07, 6.45) is 0.741. The minimum absolute atomic E-state index is 0.0232. The van der Waals surface area contributed by atoms with Crippen LogP contribution in [0, 0.1) is 5.92 Å². The van der Waals surface area contributed by atoms with E-state index in [4.69, 9.17) is 4.74 Å². The molecule has 94 valence electrons. The number of hydrogen-bond acceptors (Lipinski definition) is 3. The molecule has 17 heavy (non-hydrogen) atoms. The Morgan fingerprint density at radius 3 is 2.71 bits per heavy atom. The van der Waals surface area contributed by atoms with Crippen molar-refractivity contribution in [3.63, 3.8) is 0 Å². The van der Waals surface area contributed by atoms with Crippen LogP contribution in [0.25, 0.3) is 0 Å². The molecule has 0 saturated heterocycles. The number of carbonyl (C=O) groups is 1. The Morgan fingerprint density at radius 2 is 2.24 bits per heavy atom. The maximum atomic E-state index is 11.7. The summed E-state index contributed by atoms with van der Waals surface area (Å²) in [6.45, 7) is 1.99. The van der Waals surface area contributed by atoms with Crippen LogP contribution in [-0.2, 0) is 9.53 Å². The van der Waals surface area contributed by atoms with E-state index in [2.05, 4.69) is 21.2 Å². The van der Waals surface area contributed by atoms with Crippen molar-refractivity contribution in [3.8, 4) is 0 Å². The van der Waals surface area contributed by atoms with Crippen LogP contribution in [0.5, 0.6) is 0 Å². The van der Waals surface area contributed by atoms with Gasteiger partial charge < -0.3 is 10.1 Å². The number of rotatable bonds is 5. The fourth-order valence-corrected chi connectivity index (χ4v) is 2.41. The number of methoxy groups -OCH3 is 1. The molecule has 0 fully saturated rings. The van der Waals surface area contributed by atoms with Gasteiger partial charge >= 0.3 is 5.97 Å². The largest absolute Gasteiger partial charge is 0.469 e. The third-order valence-electron chi connectivity index (χ3n) is 2.86. The van der Waals surface area contributed by atoms with Crippen LogP contribution in [0.1, 0.15) is 24.9 Å². The Kier molecular flexibility index (Phi) is 5.65. The second-order valence-electron chi connectivity index (χ2n) is 3.86. The first kappa shape index (κ1) is 14.2. The molecule has 0 heterocycles. The first-order chi connectivity index (χ1) is 8.13. The zero-order valence-electron chi connectivity index (χ0n) is 10.4. The van der Waals surface area contributed by atoms with Crippen molar-refractivity contribution in [3.05, 3.63) is 34.3 Å². The highest BCUT2D eigenvalue weighted by Crippen LogP contribution is 2.27. The van der Waals surface area contributed by atoms with Gasteiger partial charge in [-0.05, 0) is 31.2 Å². The number of nitrogens with one attached hydrogen (secondary N) is 1. The van der Waals surface area contributed by atoms with Gasteiger partial charge in [0.15, 0.2) is 0 Å². The predicted molar refractivity (Wildman–Crippen MR) is 71.7 cm³/mol. The van der Waals surface area contributed by atoms with Crippen LogP contribution in [0.15, 0.2) is 28.7 Å². The van der Waals surface area contributed by atoms with Gasteiger partial charge in [-0.2, -0.15) is 0 Å². The minimum atomic E-state index is -0.174. The molecule has 0 aromatic heterocycles. The summed E-state index contributed by atoms with van der Waals surface area (Å²) in [5.41, 5.74) is 1.08. The van der Waals surface area contributed by atoms with E-state index in [1.165, 1.54) is 7.11 Å². The van der Waals surface area contributed by atoms with Crippen molar-refractivity contribution in [2.24, 2.45) is 5.92 Å². The molecule has 0 spiro atoms. The Balaban J connectivity index is 3.00. The summed E-state index contributed by atoms with van der Waals surface area (Å²) < 4.78 is 5.86. The molecule has 1 aromatic rings. The maximum absolute atomic E-state index is 11.7. The number of esters is 1. The zero-order chi connectivity index (χ0) is 12.8. The van der Waals surface area contributed by atoms with Gasteiger partial charge in [0, 0.05) is 10.5 Å². The summed E-state index contributed by atoms with van der Waals surface area (Å²) in [6, 6.07) is 7.94. The Bertz CT molecular complexity index is 381. The van der Waals surface area contributed by atoms with E-state index in [1.54, 1.807) is 0 Å². The summed E-state index contributed by atoms with van der Waals surface area (Å²) >= 11 is 3.44. The van der Waals surface area contributed by atoms with E-state index in [9.17, 15) is 4.79 Å². The Labute approximate surface area is 111 Å². The molecule has 4 heteroatoms. The molecule has 0 bridgehead atoms. The molecule has 0 amide bonds. The van der Waals surface area contributed by atoms with Crippen LogP contribution >= 0.6 is 15.9 Å². The lowest BCUT2D eigenvalue weighted by atomic mass is 9.91. The van der Waals surface area contributed by atoms with Crippen LogP contribution in [0.3, 0.4) is 0 Å². The average molecular weight is 300 g/mol. The van der Waals surface area contributed by atoms with Gasteiger partial charge in [-0.25, -0.2) is 0 Å². The standard InChI is InChI=1S/C13H18BrNO2/c1-4-11(13(16)17-3)12(15-2)9-6-5-7-10(14)8-9/h5-8,11-12,15H,4H2,1-3H3. The molecule has 1 aromatic carbocycles. The summed E-state index contributed by atoms with van der Waals surface area (Å²) in [7, 11) is 3.29. The van der Waals surface area contributed by atoms with Gasteiger partial charge in [0.05, 0.1) is 13.0 Å². The molecule has 0 radical (unpaired) electrons. The molecule has 2 unspecified atom stereocenters. The first-order valence-corrected chi connectivity index (χ1v) is 6.43. The van der Waals surface area contributed by atoms with E-state index in [-0.39, 0.29) is 17.9 Å². The van der Waals surface area contributed by atoms with E-state index >= 15 is 0 Å². The van der Waals surface area contributed by atoms with Gasteiger partial charge in [0.1, 0.15) is 0 Å². The lowest BCUT2D eigenvalue weighted by Crippen LogP contribution is -2.31. The molecule has 0 saturated carbocycles. The van der Waals surface area contributed by atoms with E-state index in [0.29, 0.717) is 0 Å². The molecular formula is C13H18BrNO2. The smallest absolute Gasteiger partial charge is 0.310 e. The van der Waals surface area contributed by atoms with Gasteiger partial charge in [-0.1, -0.05) is 35.0 Å². The second kappa shape index (κ2) is 6.77. The number of ether oxygens (including phenoxy) is 1. The number of hydrogen-bond donors (Lipinski definition) is 1. The fourth-order valence-electron chi connectivity index (χ4n) is 1.99. The van der Waals surface area contributed by atoms with Gasteiger partial charge in [-0.3, -0.25) is 4.79 Å². The van der Waals surface area contributed by atoms with E-state index in [0.717, 1.165) is 16.5 Å². The van der Waals surface area contributed by atoms with Crippen molar-refractivity contribution in [2.75, 3.05) is 14.2 Å². The molecule has 2 atom stereocenters. The van der Waals surface area contributed by atoms with Gasteiger partial charge in [0.2, 0.25) is 0 Å². The van der Waals surface area contributed by atoms with Crippen molar-refractivity contribution < 1.29 is 9.53 Å². The van der Waals surface area contributed by atoms with Crippen LogP contribution < -0.4 is 5.32 Å². The summed E-state index contributed by atoms with van der Waals surface area (Å²) in [5, 5.41) is 3.19. The zero-order valence-corrected chi connectivity index (χ0v) is 12.0. The maximum Gasteiger partial charge on any atom is 0.310 e. The van der Waals surface area contributed by atoms with Gasteiger partial charge in [0.25, 0.3) is 0 Å². The molecule has 0 aliphatic heterocycles. The molecule has 0 aliphatic rings. The lowest BCUT2D eigenvalue weighted by Gasteiger charge is -2.24. The third kappa shape index (κ3) is 3.54. The quantitative estimate of drug-likeness (QED) is 0.850. The average Bonchev–Trinajstić information content (AvgIpc) is 2.34. The fraction of sp³-hybridized carbons (Fsp3) is 0.462. The highest BCUT2D eigenvalue weighted by molar-refractivity contribution is 9.10. The second-order valence-corrected chi connectivity index (χ2v) is 4.77. The van der Waals surface area contributed by atoms with Crippen molar-refractivity contribution >= 4 is 21.9 Å². The van der Waals surface area contributed by atoms with E-state index in [1.807, 2.05) is 38.2 Å². The highest BCUT2D eigenvalue weighted by Gasteiger charge is 2.27. The number of benzene rings is 1. The first-order valence-electron chi connectivity index (χ1n) is 5.64. The van der Waals surface area contributed by atoms with E-state index < -0.39 is 0 Å². The molecule has 1 N–H and O–H groups in total. The normalized spacial score (nSPS) is 14.1. The van der Waals surface area contributed by atoms with Crippen molar-refractivity contribution in [1.29, 1.82) is 0 Å².